The van der Waals surface area contributed by atoms with E-state index in [1.807, 2.05) is 6.07 Å². The van der Waals surface area contributed by atoms with Crippen molar-refractivity contribution in [1.29, 1.82) is 5.26 Å². The van der Waals surface area contributed by atoms with E-state index in [1.54, 1.807) is 24.3 Å². The smallest absolute Gasteiger partial charge is 0.341 e. The van der Waals surface area contributed by atoms with Crippen LogP contribution in [0.1, 0.15) is 18.1 Å². The third kappa shape index (κ3) is 4.23. The van der Waals surface area contributed by atoms with Gasteiger partial charge in [0.25, 0.3) is 0 Å². The van der Waals surface area contributed by atoms with Crippen LogP contribution in [0.15, 0.2) is 29.8 Å². The largest absolute Gasteiger partial charge is 0.461 e. The molecular formula is C14H12ClNO3. The number of nitrogens with zero attached hydrogens (tertiary/aromatic N) is 1. The second kappa shape index (κ2) is 7.34. The summed E-state index contributed by atoms with van der Waals surface area (Å²) in [4.78, 5) is 23.2. The Kier molecular flexibility index (Phi) is 5.77. The standard InChI is InChI=1S/C14H12ClNO3/c1-10(17)13(14(18)19-7-6-15)8-11-4-2-3-5-12(11)9-16/h2-5,8H,6-7H2,1H3/b13-8-. The molecule has 0 aromatic heterocycles. The van der Waals surface area contributed by atoms with Crippen molar-refractivity contribution in [2.24, 2.45) is 0 Å². The minimum atomic E-state index is -0.735. The topological polar surface area (TPSA) is 67.2 Å². The van der Waals surface area contributed by atoms with Gasteiger partial charge in [-0.3, -0.25) is 4.79 Å². The van der Waals surface area contributed by atoms with Crippen LogP contribution in [-0.4, -0.2) is 24.2 Å². The zero-order valence-corrected chi connectivity index (χ0v) is 11.1. The van der Waals surface area contributed by atoms with Crippen molar-refractivity contribution in [3.63, 3.8) is 0 Å². The number of carbonyl (C=O) groups excluding carboxylic acids is 2. The summed E-state index contributed by atoms with van der Waals surface area (Å²) in [5.41, 5.74) is 0.775. The van der Waals surface area contributed by atoms with Gasteiger partial charge in [-0.2, -0.15) is 5.26 Å². The Labute approximate surface area is 116 Å². The summed E-state index contributed by atoms with van der Waals surface area (Å²) in [6.07, 6.45) is 1.36. The molecule has 0 aliphatic rings. The molecule has 1 rings (SSSR count). The van der Waals surface area contributed by atoms with Gasteiger partial charge < -0.3 is 4.74 Å². The second-order valence-corrected chi connectivity index (χ2v) is 4.02. The molecule has 0 unspecified atom stereocenters. The maximum absolute atomic E-state index is 11.7. The highest BCUT2D eigenvalue weighted by Gasteiger charge is 2.16. The number of rotatable bonds is 5. The van der Waals surface area contributed by atoms with Gasteiger partial charge in [0.1, 0.15) is 12.2 Å². The first kappa shape index (κ1) is 14.9. The molecule has 0 atom stereocenters. The van der Waals surface area contributed by atoms with E-state index in [0.29, 0.717) is 11.1 Å². The second-order valence-electron chi connectivity index (χ2n) is 3.64. The van der Waals surface area contributed by atoms with Gasteiger partial charge >= 0.3 is 5.97 Å². The predicted octanol–water partition coefficient (Wildman–Crippen LogP) is 2.31. The number of hydrogen-bond donors (Lipinski definition) is 0. The average molecular weight is 278 g/mol. The third-order valence-corrected chi connectivity index (χ3v) is 2.44. The van der Waals surface area contributed by atoms with E-state index in [-0.39, 0.29) is 18.1 Å². The van der Waals surface area contributed by atoms with E-state index in [4.69, 9.17) is 21.6 Å². The number of hydrogen-bond acceptors (Lipinski definition) is 4. The molecule has 0 spiro atoms. The molecule has 98 valence electrons. The Hall–Kier alpha value is -2.12. The minimum Gasteiger partial charge on any atom is -0.461 e. The maximum atomic E-state index is 11.7. The fourth-order valence-corrected chi connectivity index (χ4v) is 1.47. The highest BCUT2D eigenvalue weighted by atomic mass is 35.5. The molecule has 0 N–H and O–H groups in total. The van der Waals surface area contributed by atoms with Crippen LogP contribution in [0.4, 0.5) is 0 Å². The van der Waals surface area contributed by atoms with E-state index in [2.05, 4.69) is 0 Å². The molecule has 0 radical (unpaired) electrons. The lowest BCUT2D eigenvalue weighted by Crippen LogP contribution is -2.15. The van der Waals surface area contributed by atoms with E-state index in [1.165, 1.54) is 13.0 Å². The number of alkyl halides is 1. The third-order valence-electron chi connectivity index (χ3n) is 2.29. The summed E-state index contributed by atoms with van der Waals surface area (Å²) < 4.78 is 4.82. The van der Waals surface area contributed by atoms with Gasteiger partial charge in [0, 0.05) is 0 Å². The van der Waals surface area contributed by atoms with E-state index in [0.717, 1.165) is 0 Å². The molecule has 0 aliphatic heterocycles. The van der Waals surface area contributed by atoms with Crippen LogP contribution in [0, 0.1) is 11.3 Å². The highest BCUT2D eigenvalue weighted by molar-refractivity contribution is 6.20. The zero-order valence-electron chi connectivity index (χ0n) is 10.4. The van der Waals surface area contributed by atoms with Crippen LogP contribution in [0.25, 0.3) is 6.08 Å². The molecule has 0 aliphatic carbocycles. The van der Waals surface area contributed by atoms with Crippen LogP contribution in [0.5, 0.6) is 0 Å². The van der Waals surface area contributed by atoms with Gasteiger partial charge in [0.15, 0.2) is 5.78 Å². The van der Waals surface area contributed by atoms with Crippen LogP contribution in [-0.2, 0) is 14.3 Å². The molecule has 1 aromatic rings. The fourth-order valence-electron chi connectivity index (χ4n) is 1.39. The van der Waals surface area contributed by atoms with Crippen molar-refractivity contribution in [2.75, 3.05) is 12.5 Å². The lowest BCUT2D eigenvalue weighted by molar-refractivity contribution is -0.139. The Morgan fingerprint density at radius 1 is 1.42 bits per heavy atom. The molecule has 0 fully saturated rings. The SMILES string of the molecule is CC(=O)/C(=C/c1ccccc1C#N)C(=O)OCCCl. The summed E-state index contributed by atoms with van der Waals surface area (Å²) in [6.45, 7) is 1.30. The number of benzene rings is 1. The molecule has 0 heterocycles. The van der Waals surface area contributed by atoms with Crippen LogP contribution in [0.2, 0.25) is 0 Å². The zero-order chi connectivity index (χ0) is 14.3. The van der Waals surface area contributed by atoms with E-state index >= 15 is 0 Å². The summed E-state index contributed by atoms with van der Waals surface area (Å²) >= 11 is 5.41. The van der Waals surface area contributed by atoms with Crippen molar-refractivity contribution in [3.05, 3.63) is 41.0 Å². The monoisotopic (exact) mass is 277 g/mol. The number of ether oxygens (including phenoxy) is 1. The Morgan fingerprint density at radius 3 is 2.68 bits per heavy atom. The maximum Gasteiger partial charge on any atom is 0.341 e. The minimum absolute atomic E-state index is 0.0326. The van der Waals surface area contributed by atoms with Crippen molar-refractivity contribution in [2.45, 2.75) is 6.92 Å². The van der Waals surface area contributed by atoms with Crippen LogP contribution < -0.4 is 0 Å². The van der Waals surface area contributed by atoms with E-state index in [9.17, 15) is 9.59 Å². The first-order valence-electron chi connectivity index (χ1n) is 5.55. The van der Waals surface area contributed by atoms with Crippen molar-refractivity contribution in [1.82, 2.24) is 0 Å². The molecule has 5 heteroatoms. The fraction of sp³-hybridized carbons (Fsp3) is 0.214. The Bertz CT molecular complexity index is 558. The Morgan fingerprint density at radius 2 is 2.11 bits per heavy atom. The molecular weight excluding hydrogens is 266 g/mol. The molecule has 0 saturated carbocycles. The molecule has 0 saturated heterocycles. The van der Waals surface area contributed by atoms with Gasteiger partial charge in [0.2, 0.25) is 0 Å². The van der Waals surface area contributed by atoms with Gasteiger partial charge in [0.05, 0.1) is 17.5 Å². The number of ketones is 1. The lowest BCUT2D eigenvalue weighted by Gasteiger charge is -2.05. The summed E-state index contributed by atoms with van der Waals surface area (Å²) in [5.74, 6) is -1.00. The lowest BCUT2D eigenvalue weighted by atomic mass is 10.0. The highest BCUT2D eigenvalue weighted by Crippen LogP contribution is 2.14. The normalized spacial score (nSPS) is 10.7. The van der Waals surface area contributed by atoms with Gasteiger partial charge in [-0.15, -0.1) is 11.6 Å². The molecule has 19 heavy (non-hydrogen) atoms. The van der Waals surface area contributed by atoms with Gasteiger partial charge in [-0.25, -0.2) is 4.79 Å². The average Bonchev–Trinajstić information content (AvgIpc) is 2.42. The number of esters is 1. The van der Waals surface area contributed by atoms with Crippen LogP contribution >= 0.6 is 11.6 Å². The van der Waals surface area contributed by atoms with Crippen molar-refractivity contribution < 1.29 is 14.3 Å². The number of carbonyl (C=O) groups is 2. The molecule has 0 bridgehead atoms. The molecule has 0 amide bonds. The van der Waals surface area contributed by atoms with Crippen molar-refractivity contribution in [3.8, 4) is 6.07 Å². The summed E-state index contributed by atoms with van der Waals surface area (Å²) in [5, 5.41) is 8.95. The molecule has 1 aromatic carbocycles. The first-order valence-corrected chi connectivity index (χ1v) is 6.08. The Balaban J connectivity index is 3.12. The predicted molar refractivity (Wildman–Crippen MR) is 71.5 cm³/mol. The first-order chi connectivity index (χ1) is 9.10. The number of halogens is 1. The van der Waals surface area contributed by atoms with Crippen LogP contribution in [0.3, 0.4) is 0 Å². The van der Waals surface area contributed by atoms with Crippen molar-refractivity contribution >= 4 is 29.4 Å². The quantitative estimate of drug-likeness (QED) is 0.272. The number of nitriles is 1. The van der Waals surface area contributed by atoms with Gasteiger partial charge in [-0.05, 0) is 24.6 Å². The van der Waals surface area contributed by atoms with E-state index < -0.39 is 11.8 Å². The van der Waals surface area contributed by atoms with Gasteiger partial charge in [-0.1, -0.05) is 18.2 Å². The number of Topliss-reactive ketones (excluding diaryl/α,β-unsaturated/α-hetero) is 1. The summed E-state index contributed by atoms with van der Waals surface area (Å²) in [7, 11) is 0. The molecule has 4 nitrogen and oxygen atoms in total. The summed E-state index contributed by atoms with van der Waals surface area (Å²) in [6, 6.07) is 8.67.